The van der Waals surface area contributed by atoms with Gasteiger partial charge in [-0.05, 0) is 130 Å². The van der Waals surface area contributed by atoms with Crippen molar-refractivity contribution in [3.05, 3.63) is 0 Å². The van der Waals surface area contributed by atoms with Crippen LogP contribution in [0.15, 0.2) is 0 Å². The molecule has 0 saturated heterocycles. The highest BCUT2D eigenvalue weighted by atomic mass is 31.2. The van der Waals surface area contributed by atoms with Gasteiger partial charge in [0.05, 0.1) is 44.8 Å². The Morgan fingerprint density at radius 2 is 0.765 bits per heavy atom. The number of carbonyl (C=O) groups excluding carboxylic acids is 1. The summed E-state index contributed by atoms with van der Waals surface area (Å²) in [4.78, 5) is 75.0. The van der Waals surface area contributed by atoms with Crippen LogP contribution in [0.4, 0.5) is 0 Å². The van der Waals surface area contributed by atoms with E-state index >= 15 is 0 Å². The fourth-order valence-electron chi connectivity index (χ4n) is 5.99. The van der Waals surface area contributed by atoms with Gasteiger partial charge in [0.2, 0.25) is 8.32 Å². The maximum Gasteiger partial charge on any atom is 0.329 e. The van der Waals surface area contributed by atoms with Crippen molar-refractivity contribution in [2.75, 3.05) is 78.0 Å². The lowest BCUT2D eigenvalue weighted by Crippen LogP contribution is -2.56. The molecule has 81 heavy (non-hydrogen) atoms. The second-order valence-corrected chi connectivity index (χ2v) is 51.8. The Balaban J connectivity index is -0.0000000479. The van der Waals surface area contributed by atoms with Gasteiger partial charge in [-0.25, -0.2) is 9.59 Å². The predicted octanol–water partition coefficient (Wildman–Crippen LogP) is 12.7. The van der Waals surface area contributed by atoms with E-state index in [2.05, 4.69) is 68.4 Å². The average Bonchev–Trinajstić information content (AvgIpc) is 3.08. The molecule has 33 heteroatoms. The number of rotatable bonds is 36. The van der Waals surface area contributed by atoms with E-state index in [1.165, 1.54) is 0 Å². The first-order valence-corrected chi connectivity index (χ1v) is 47.0. The second kappa shape index (κ2) is 59.6. The van der Waals surface area contributed by atoms with Crippen LogP contribution in [-0.2, 0) is 72.6 Å². The minimum absolute atomic E-state index is 0. The fourth-order valence-corrected chi connectivity index (χ4v) is 38.0. The third kappa shape index (κ3) is 102. The lowest BCUT2D eigenvalue weighted by Gasteiger charge is -2.41. The highest BCUT2D eigenvalue weighted by molar-refractivity contribution is 7.52. The molecule has 1 unspecified atom stereocenters. The van der Waals surface area contributed by atoms with Crippen LogP contribution in [0, 0.1) is 0 Å². The van der Waals surface area contributed by atoms with E-state index < -0.39 is 105 Å². The standard InChI is InChI=1S/C12H35NO3Si4.C10H24O6Si3.C8H20O8P2.C6H10O6.12CH4/c1-17(2,3)14-19(7,8)16-20(9,12-10-11-13)15-18(4,5)6;1-17(2,7-10(12)13)15-19(5,6)16-18(3,4)9-14-8-11;9-17(10,11)7-1-3-15-5-6-16-4-2-8-18(12,13)14;7-5(8)3-11-1-2-12-4-6(9)10;;;;;;;;;;;;/h10-13H2,1-9H3;8H,7,9H2,1-6H3,(H,12,13);1-8H2,(H2,9,10,11)(H2,12,13,14);1-4H2,(H,7,8)(H,9,10);12*1H4. The molecule has 1 atom stereocenters. The summed E-state index contributed by atoms with van der Waals surface area (Å²) in [5.74, 6) is -2.97. The number of ether oxygens (including phenoxy) is 5. The van der Waals surface area contributed by atoms with Crippen molar-refractivity contribution in [1.29, 1.82) is 0 Å². The molecular formula is C48H137NO23P2Si7. The van der Waals surface area contributed by atoms with Gasteiger partial charge in [-0.2, -0.15) is 0 Å². The summed E-state index contributed by atoms with van der Waals surface area (Å²) in [7, 11) is -22.3. The Labute approximate surface area is 505 Å². The van der Waals surface area contributed by atoms with Gasteiger partial charge in [0.15, 0.2) is 25.0 Å². The van der Waals surface area contributed by atoms with E-state index in [0.29, 0.717) is 13.0 Å². The smallest absolute Gasteiger partial charge is 0.329 e. The van der Waals surface area contributed by atoms with Crippen molar-refractivity contribution in [2.24, 2.45) is 5.73 Å². The summed E-state index contributed by atoms with van der Waals surface area (Å²) < 4.78 is 76.3. The molecule has 0 heterocycles. The normalized spacial score (nSPS) is 11.6. The van der Waals surface area contributed by atoms with Gasteiger partial charge in [-0.3, -0.25) is 18.7 Å². The topological polar surface area (TPSA) is 362 Å². The van der Waals surface area contributed by atoms with E-state index in [9.17, 15) is 28.3 Å². The van der Waals surface area contributed by atoms with E-state index in [1.54, 1.807) is 0 Å². The third-order valence-electron chi connectivity index (χ3n) is 7.16. The first-order valence-electron chi connectivity index (χ1n) is 22.2. The molecule has 0 rings (SSSR count). The van der Waals surface area contributed by atoms with Gasteiger partial charge in [0, 0.05) is 13.2 Å². The molecule has 0 amide bonds. The Kier molecular flexibility index (Phi) is 89.9. The van der Waals surface area contributed by atoms with Crippen LogP contribution in [0.2, 0.25) is 110 Å². The molecule has 24 nitrogen and oxygen atoms in total. The lowest BCUT2D eigenvalue weighted by molar-refractivity contribution is -0.146. The molecule has 0 aliphatic rings. The van der Waals surface area contributed by atoms with Crippen LogP contribution in [0.25, 0.3) is 0 Å². The zero-order valence-corrected chi connectivity index (χ0v) is 52.5. The van der Waals surface area contributed by atoms with Crippen molar-refractivity contribution >= 4 is 98.5 Å². The minimum atomic E-state index is -3.94. The summed E-state index contributed by atoms with van der Waals surface area (Å²) in [6.45, 7) is 32.8. The van der Waals surface area contributed by atoms with Crippen molar-refractivity contribution in [2.45, 2.75) is 219 Å². The molecule has 0 aromatic heterocycles. The van der Waals surface area contributed by atoms with Gasteiger partial charge >= 0.3 is 58.8 Å². The Morgan fingerprint density at radius 1 is 0.444 bits per heavy atom. The van der Waals surface area contributed by atoms with Crippen LogP contribution in [0.1, 0.15) is 108 Å². The van der Waals surface area contributed by atoms with E-state index in [1.807, 2.05) is 39.3 Å². The fraction of sp³-hybridized carbons (Fsp3) is 0.917. The Morgan fingerprint density at radius 3 is 1.05 bits per heavy atom. The van der Waals surface area contributed by atoms with Crippen LogP contribution in [0.5, 0.6) is 0 Å². The number of hydrogen-bond acceptors (Lipinski definition) is 17. The van der Waals surface area contributed by atoms with Crippen LogP contribution in [-0.4, -0.2) is 196 Å². The van der Waals surface area contributed by atoms with Crippen molar-refractivity contribution < 1.29 is 107 Å². The van der Waals surface area contributed by atoms with Crippen molar-refractivity contribution in [3.63, 3.8) is 0 Å². The predicted molar refractivity (Wildman–Crippen MR) is 359 cm³/mol. The molecule has 9 N–H and O–H groups in total. The van der Waals surface area contributed by atoms with Gasteiger partial charge in [-0.15, -0.1) is 0 Å². The highest BCUT2D eigenvalue weighted by Gasteiger charge is 2.44. The summed E-state index contributed by atoms with van der Waals surface area (Å²) >= 11 is 0. The molecule has 0 radical (unpaired) electrons. The van der Waals surface area contributed by atoms with Gasteiger partial charge in [0.25, 0.3) is 6.47 Å². The number of nitrogens with two attached hydrogens (primary N) is 1. The minimum Gasteiger partial charge on any atom is -0.481 e. The molecule has 0 spiro atoms. The van der Waals surface area contributed by atoms with Gasteiger partial charge in [0.1, 0.15) is 19.4 Å². The summed E-state index contributed by atoms with van der Waals surface area (Å²) in [6, 6.07) is 1.01. The maximum atomic E-state index is 10.8. The third-order valence-corrected chi connectivity index (χ3v) is 32.9. The average molecular weight is 1360 g/mol. The molecule has 0 fully saturated rings. The molecule has 0 saturated carbocycles. The van der Waals surface area contributed by atoms with Gasteiger partial charge in [-0.1, -0.05) is 89.1 Å². The van der Waals surface area contributed by atoms with Gasteiger partial charge < -0.3 is 84.9 Å². The zero-order chi connectivity index (χ0) is 55.0. The molecular weight excluding hydrogens is 1220 g/mol. The van der Waals surface area contributed by atoms with Crippen molar-refractivity contribution in [1.82, 2.24) is 0 Å². The van der Waals surface area contributed by atoms with Crippen LogP contribution >= 0.6 is 15.2 Å². The van der Waals surface area contributed by atoms with Crippen molar-refractivity contribution in [3.8, 4) is 0 Å². The monoisotopic (exact) mass is 1350 g/mol. The molecule has 0 aliphatic heterocycles. The lowest BCUT2D eigenvalue weighted by atomic mass is 10.5. The molecule has 0 aromatic rings. The molecule has 0 aliphatic carbocycles. The number of aliphatic carboxylic acids is 3. The van der Waals surface area contributed by atoms with E-state index in [0.717, 1.165) is 12.5 Å². The second-order valence-electron chi connectivity index (χ2n) is 19.7. The summed E-state index contributed by atoms with van der Waals surface area (Å²) in [5.41, 5.74) is 5.67. The highest BCUT2D eigenvalue weighted by Crippen LogP contribution is 2.35. The summed E-state index contributed by atoms with van der Waals surface area (Å²) in [5, 5.41) is 25.1. The van der Waals surface area contributed by atoms with Crippen LogP contribution < -0.4 is 5.73 Å². The number of carboxylic acid groups (broad SMARTS) is 3. The van der Waals surface area contributed by atoms with E-state index in [-0.39, 0.29) is 166 Å². The Bertz CT molecular complexity index is 1490. The largest absolute Gasteiger partial charge is 0.481 e. The zero-order valence-electron chi connectivity index (χ0n) is 43.7. The Hall–Kier alpha value is -0.702. The number of carboxylic acids is 3. The van der Waals surface area contributed by atoms with Crippen LogP contribution in [0.3, 0.4) is 0 Å². The number of carbonyl (C=O) groups is 4. The molecule has 510 valence electrons. The number of hydrogen-bond donors (Lipinski definition) is 8. The maximum absolute atomic E-state index is 10.8. The first kappa shape index (κ1) is 122. The summed E-state index contributed by atoms with van der Waals surface area (Å²) in [6.07, 6.45) is 1.40. The molecule has 0 bridgehead atoms. The SMILES string of the molecule is C.C.C.C.C.C.C.C.C.C.C.C.C[Si](C)(C)O[Si](C)(C)O[Si](C)(CCCN)O[Si](C)(C)C.C[Si](C)(COC=O)O[Si](C)(C)O[Si](C)(C)CC(=O)O.O=C(O)COCCOCC(=O)O.O=P(O)(O)CCCOCCOCCCP(=O)(O)O. The quantitative estimate of drug-likeness (QED) is 0.0125. The molecule has 0 aromatic carbocycles. The first-order chi connectivity index (χ1) is 30.9. The van der Waals surface area contributed by atoms with E-state index in [4.69, 9.17) is 75.4 Å².